The topological polar surface area (TPSA) is 0 Å². The summed E-state index contributed by atoms with van der Waals surface area (Å²) in [5.74, 6) is 0. The number of hydrogen-bond donors (Lipinski definition) is 0. The van der Waals surface area contributed by atoms with Crippen molar-refractivity contribution in [1.29, 1.82) is 0 Å². The normalized spacial score (nSPS) is 9.00. The Morgan fingerprint density at radius 3 is 2.12 bits per heavy atom. The van der Waals surface area contributed by atoms with Crippen LogP contribution < -0.4 is 0 Å². The molecule has 0 nitrogen and oxygen atoms in total. The van der Waals surface area contributed by atoms with Crippen LogP contribution in [-0.2, 0) is 0 Å². The number of hydrogen-bond acceptors (Lipinski definition) is 1. The maximum absolute atomic E-state index is 2.14. The third-order valence-electron chi connectivity index (χ3n) is 0.979. The van der Waals surface area contributed by atoms with Crippen LogP contribution in [0.15, 0.2) is 35.2 Å². The molecule has 0 spiro atoms. The lowest BCUT2D eigenvalue weighted by Gasteiger charge is -1.90. The van der Waals surface area contributed by atoms with E-state index in [2.05, 4.69) is 24.3 Å². The van der Waals surface area contributed by atoms with Gasteiger partial charge in [0.1, 0.15) is 0 Å². The van der Waals surface area contributed by atoms with Crippen LogP contribution >= 0.6 is 10.1 Å². The van der Waals surface area contributed by atoms with Gasteiger partial charge >= 0.3 is 15.2 Å². The van der Waals surface area contributed by atoms with Gasteiger partial charge in [-0.15, -0.1) is 0 Å². The third-order valence-corrected chi connectivity index (χ3v) is 3.14. The Bertz CT molecular complexity index is 150. The van der Waals surface area contributed by atoms with E-state index in [1.807, 2.05) is 16.2 Å². The van der Waals surface area contributed by atoms with E-state index in [-0.39, 0.29) is 0 Å². The summed E-state index contributed by atoms with van der Waals surface area (Å²) >= 11 is 1.19. The third kappa shape index (κ3) is 1.56. The van der Waals surface area contributed by atoms with Crippen molar-refractivity contribution in [3.8, 4) is 0 Å². The molecule has 0 amide bonds. The predicted molar refractivity (Wildman–Crippen MR) is 40.8 cm³/mol. The fourth-order valence-electron chi connectivity index (χ4n) is 0.557. The monoisotopic (exact) mass is 138 g/mol. The van der Waals surface area contributed by atoms with Crippen molar-refractivity contribution in [3.05, 3.63) is 30.3 Å². The summed E-state index contributed by atoms with van der Waals surface area (Å²) in [6, 6.07) is 10.5. The molecule has 0 aliphatic heterocycles. The molecule has 0 N–H and O–H groups in total. The smallest absolute Gasteiger partial charge is 0.235 e. The van der Waals surface area contributed by atoms with Crippen LogP contribution in [0.5, 0.6) is 0 Å². The molecule has 0 fully saturated rings. The average molecular weight is 138 g/mol. The van der Waals surface area contributed by atoms with Crippen molar-refractivity contribution >= 4 is 25.3 Å². The van der Waals surface area contributed by atoms with E-state index in [1.54, 1.807) is 0 Å². The van der Waals surface area contributed by atoms with Crippen LogP contribution in [0.2, 0.25) is 0 Å². The van der Waals surface area contributed by atoms with Gasteiger partial charge in [-0.2, -0.15) is 0 Å². The highest BCUT2D eigenvalue weighted by atomic mass is 32.3. The van der Waals surface area contributed by atoms with Gasteiger partial charge in [0, 0.05) is 0 Å². The zero-order valence-corrected chi connectivity index (χ0v) is 7.61. The zero-order valence-electron chi connectivity index (χ0n) is 4.79. The van der Waals surface area contributed by atoms with Crippen LogP contribution in [0.3, 0.4) is 0 Å². The minimum absolute atomic E-state index is 1.19. The van der Waals surface area contributed by atoms with Crippen LogP contribution in [-0.4, -0.2) is 15.2 Å². The Hall–Kier alpha value is 0.102. The number of rotatable bonds is 1. The summed E-state index contributed by atoms with van der Waals surface area (Å²) in [4.78, 5) is 1.39. The van der Waals surface area contributed by atoms with Gasteiger partial charge in [-0.05, 0) is 4.90 Å². The molecule has 0 bridgehead atoms. The summed E-state index contributed by atoms with van der Waals surface area (Å²) in [5, 5.41) is 0. The molecule has 1 aromatic carbocycles. The van der Waals surface area contributed by atoms with E-state index in [0.717, 1.165) is 0 Å². The quantitative estimate of drug-likeness (QED) is 0.527. The maximum Gasteiger partial charge on any atom is 0.311 e. The Balaban J connectivity index is 2.83. The summed E-state index contributed by atoms with van der Waals surface area (Å²) in [5.41, 5.74) is 0. The molecule has 1 aromatic rings. The van der Waals surface area contributed by atoms with Crippen LogP contribution in [0.25, 0.3) is 0 Å². The Kier molecular flexibility index (Phi) is 2.48. The first-order valence-electron chi connectivity index (χ1n) is 2.52. The molecule has 0 aromatic heterocycles. The van der Waals surface area contributed by atoms with Gasteiger partial charge in [0.15, 0.2) is 0 Å². The highest BCUT2D eigenvalue weighted by Gasteiger charge is 1.80. The summed E-state index contributed by atoms with van der Waals surface area (Å²) < 4.78 is 0. The van der Waals surface area contributed by atoms with Crippen molar-refractivity contribution in [3.63, 3.8) is 0 Å². The molecule has 0 unspecified atom stereocenters. The second-order valence-electron chi connectivity index (χ2n) is 1.52. The van der Waals surface area contributed by atoms with E-state index in [9.17, 15) is 0 Å². The summed E-state index contributed by atoms with van der Waals surface area (Å²) in [7, 11) is 1.91. The van der Waals surface area contributed by atoms with E-state index in [1.165, 1.54) is 20.1 Å². The lowest BCUT2D eigenvalue weighted by Crippen LogP contribution is -1.63. The standard InChI is InChI=1S/C6H6S.Al.2H/c7-6-4-2-1-3-5-6;;;/h1-5,7H;;;/q;+1;;/p-1. The van der Waals surface area contributed by atoms with Gasteiger partial charge in [-0.1, -0.05) is 30.3 Å². The van der Waals surface area contributed by atoms with Gasteiger partial charge < -0.3 is 0 Å². The molecular formula is C6H7AlS. The van der Waals surface area contributed by atoms with E-state index < -0.39 is 0 Å². The predicted octanol–water partition coefficient (Wildman–Crippen LogP) is 1.33. The van der Waals surface area contributed by atoms with E-state index >= 15 is 0 Å². The highest BCUT2D eigenvalue weighted by Crippen LogP contribution is 2.10. The minimum atomic E-state index is 1.19. The largest absolute Gasteiger partial charge is 0.311 e. The molecule has 0 heterocycles. The second-order valence-corrected chi connectivity index (χ2v) is 3.62. The molecule has 40 valence electrons. The molecule has 0 saturated carbocycles. The molecule has 1 rings (SSSR count). The Labute approximate surface area is 60.8 Å². The molecule has 8 heavy (non-hydrogen) atoms. The molecule has 2 heteroatoms. The van der Waals surface area contributed by atoms with E-state index in [4.69, 9.17) is 0 Å². The van der Waals surface area contributed by atoms with Crippen molar-refractivity contribution in [2.45, 2.75) is 4.90 Å². The molecule has 0 aliphatic carbocycles. The molecule has 0 aliphatic rings. The average Bonchev–Trinajstić information content (AvgIpc) is 1.90. The summed E-state index contributed by atoms with van der Waals surface area (Å²) in [6.07, 6.45) is 0. The summed E-state index contributed by atoms with van der Waals surface area (Å²) in [6.45, 7) is 0. The Morgan fingerprint density at radius 1 is 1.12 bits per heavy atom. The number of benzene rings is 1. The maximum atomic E-state index is 2.14. The van der Waals surface area contributed by atoms with Gasteiger partial charge in [0.05, 0.1) is 0 Å². The van der Waals surface area contributed by atoms with Gasteiger partial charge in [0.2, 0.25) is 0 Å². The van der Waals surface area contributed by atoms with Crippen LogP contribution in [0.1, 0.15) is 0 Å². The van der Waals surface area contributed by atoms with Gasteiger partial charge in [0.25, 0.3) is 0 Å². The van der Waals surface area contributed by atoms with Crippen molar-refractivity contribution in [2.24, 2.45) is 0 Å². The Morgan fingerprint density at radius 2 is 1.75 bits per heavy atom. The lowest BCUT2D eigenvalue weighted by molar-refractivity contribution is 1.48. The van der Waals surface area contributed by atoms with Gasteiger partial charge in [-0.3, -0.25) is 0 Å². The molecular weight excluding hydrogens is 131 g/mol. The van der Waals surface area contributed by atoms with E-state index in [0.29, 0.717) is 0 Å². The lowest BCUT2D eigenvalue weighted by atomic mass is 10.4. The first-order valence-corrected chi connectivity index (χ1v) is 6.20. The molecule has 0 atom stereocenters. The van der Waals surface area contributed by atoms with Crippen molar-refractivity contribution < 1.29 is 0 Å². The first-order chi connectivity index (χ1) is 3.93. The second kappa shape index (κ2) is 3.19. The zero-order chi connectivity index (χ0) is 5.82. The fraction of sp³-hybridized carbons (Fsp3) is 0. The highest BCUT2D eigenvalue weighted by molar-refractivity contribution is 8.19. The van der Waals surface area contributed by atoms with Crippen LogP contribution in [0.4, 0.5) is 0 Å². The van der Waals surface area contributed by atoms with Crippen LogP contribution in [0, 0.1) is 0 Å². The minimum Gasteiger partial charge on any atom is -0.235 e. The van der Waals surface area contributed by atoms with Crippen molar-refractivity contribution in [2.75, 3.05) is 0 Å². The van der Waals surface area contributed by atoms with Gasteiger partial charge in [-0.25, -0.2) is 10.1 Å². The molecule has 0 radical (unpaired) electrons. The van der Waals surface area contributed by atoms with Crippen molar-refractivity contribution in [1.82, 2.24) is 0 Å². The first kappa shape index (κ1) is 6.23. The SMILES string of the molecule is [AlH2][S]c1ccccc1. The molecule has 0 saturated heterocycles. The fourth-order valence-corrected chi connectivity index (χ4v) is 1.80.